The quantitative estimate of drug-likeness (QED) is 0.428. The smallest absolute Gasteiger partial charge is 0.134 e. The number of amidine groups is 2. The lowest BCUT2D eigenvalue weighted by atomic mass is 10.1. The largest absolute Gasteiger partial charge is 0.456 e. The van der Waals surface area contributed by atoms with Crippen LogP contribution in [0, 0.1) is 0 Å². The summed E-state index contributed by atoms with van der Waals surface area (Å²) < 4.78 is 6.03. The summed E-state index contributed by atoms with van der Waals surface area (Å²) in [6.07, 6.45) is 0. The van der Waals surface area contributed by atoms with Crippen molar-refractivity contribution in [2.24, 2.45) is 21.5 Å². The summed E-state index contributed by atoms with van der Waals surface area (Å²) >= 11 is 0. The van der Waals surface area contributed by atoms with E-state index < -0.39 is 0 Å². The molecule has 0 bridgehead atoms. The summed E-state index contributed by atoms with van der Waals surface area (Å²) in [5.41, 5.74) is 15.7. The van der Waals surface area contributed by atoms with Gasteiger partial charge >= 0.3 is 0 Å². The number of benzene rings is 2. The first-order valence-electron chi connectivity index (χ1n) is 9.03. The molecule has 5 nitrogen and oxygen atoms in total. The molecule has 1 heterocycles. The molecule has 3 rings (SSSR count). The maximum absolute atomic E-state index is 6.03. The average Bonchev–Trinajstić information content (AvgIpc) is 3.19. The topological polar surface area (TPSA) is 89.9 Å². The van der Waals surface area contributed by atoms with Crippen molar-refractivity contribution in [1.82, 2.24) is 0 Å². The van der Waals surface area contributed by atoms with Crippen LogP contribution in [0.3, 0.4) is 0 Å². The SMILES string of the molecule is CCN=C(N)c1ccc(-c2ccc(-c3ccc(C(N)=NCC)cc3)o2)cc1.Cl.Cl. The highest BCUT2D eigenvalue weighted by Crippen LogP contribution is 2.28. The first-order valence-corrected chi connectivity index (χ1v) is 9.03. The Balaban J connectivity index is 0.00000210. The zero-order chi connectivity index (χ0) is 19.2. The molecule has 7 heteroatoms. The molecule has 0 saturated carbocycles. The summed E-state index contributed by atoms with van der Waals surface area (Å²) in [7, 11) is 0. The second kappa shape index (κ2) is 11.3. The Labute approximate surface area is 183 Å². The summed E-state index contributed by atoms with van der Waals surface area (Å²) in [6.45, 7) is 5.26. The molecule has 154 valence electrons. The molecule has 0 aliphatic heterocycles. The van der Waals surface area contributed by atoms with Crippen molar-refractivity contribution in [2.75, 3.05) is 13.1 Å². The van der Waals surface area contributed by atoms with E-state index in [-0.39, 0.29) is 24.8 Å². The normalized spacial score (nSPS) is 11.5. The third-order valence-corrected chi connectivity index (χ3v) is 4.19. The second-order valence-corrected chi connectivity index (χ2v) is 6.04. The summed E-state index contributed by atoms with van der Waals surface area (Å²) in [4.78, 5) is 8.45. The maximum Gasteiger partial charge on any atom is 0.134 e. The van der Waals surface area contributed by atoms with Crippen molar-refractivity contribution >= 4 is 36.5 Å². The molecular weight excluding hydrogens is 407 g/mol. The first-order chi connectivity index (χ1) is 13.1. The number of nitrogens with zero attached hydrogens (tertiary/aromatic N) is 2. The van der Waals surface area contributed by atoms with E-state index in [1.54, 1.807) is 0 Å². The minimum absolute atomic E-state index is 0. The molecule has 0 aliphatic carbocycles. The fraction of sp³-hybridized carbons (Fsp3) is 0.182. The van der Waals surface area contributed by atoms with Gasteiger partial charge in [0, 0.05) is 35.3 Å². The van der Waals surface area contributed by atoms with Gasteiger partial charge in [-0.15, -0.1) is 24.8 Å². The average molecular weight is 433 g/mol. The van der Waals surface area contributed by atoms with Gasteiger partial charge in [-0.3, -0.25) is 9.98 Å². The van der Waals surface area contributed by atoms with Crippen molar-refractivity contribution in [1.29, 1.82) is 0 Å². The molecule has 0 radical (unpaired) electrons. The molecule has 2 aromatic carbocycles. The highest BCUT2D eigenvalue weighted by Gasteiger charge is 2.08. The lowest BCUT2D eigenvalue weighted by molar-refractivity contribution is 0.597. The van der Waals surface area contributed by atoms with Crippen LogP contribution < -0.4 is 11.5 Å². The van der Waals surface area contributed by atoms with E-state index in [0.29, 0.717) is 24.8 Å². The van der Waals surface area contributed by atoms with Gasteiger partial charge < -0.3 is 15.9 Å². The third kappa shape index (κ3) is 5.86. The van der Waals surface area contributed by atoms with E-state index in [1.165, 1.54) is 0 Å². The fourth-order valence-electron chi connectivity index (χ4n) is 2.78. The summed E-state index contributed by atoms with van der Waals surface area (Å²) in [5, 5.41) is 0. The molecule has 0 aliphatic rings. The van der Waals surface area contributed by atoms with E-state index in [0.717, 1.165) is 33.8 Å². The zero-order valence-corrected chi connectivity index (χ0v) is 18.1. The number of aliphatic imine (C=N–C) groups is 2. The Bertz CT molecular complexity index is 883. The van der Waals surface area contributed by atoms with Crippen LogP contribution in [0.25, 0.3) is 22.6 Å². The first kappa shape index (κ1) is 24.3. The van der Waals surface area contributed by atoms with E-state index >= 15 is 0 Å². The van der Waals surface area contributed by atoms with Crippen molar-refractivity contribution in [3.63, 3.8) is 0 Å². The van der Waals surface area contributed by atoms with E-state index in [1.807, 2.05) is 74.5 Å². The van der Waals surface area contributed by atoms with Crippen molar-refractivity contribution < 1.29 is 4.42 Å². The van der Waals surface area contributed by atoms with Gasteiger partial charge in [0.1, 0.15) is 23.2 Å². The van der Waals surface area contributed by atoms with Gasteiger partial charge in [-0.1, -0.05) is 48.5 Å². The number of furan rings is 1. The molecule has 0 fully saturated rings. The molecule has 0 spiro atoms. The van der Waals surface area contributed by atoms with E-state index in [9.17, 15) is 0 Å². The molecule has 0 amide bonds. The Morgan fingerprint density at radius 3 is 1.31 bits per heavy atom. The standard InChI is InChI=1S/C22H24N4O.2ClH/c1-3-25-21(23)17-9-5-15(6-10-17)19-13-14-20(27-19)16-7-11-18(12-8-16)22(24)26-4-2;;/h5-14H,3-4H2,1-2H3,(H2,23,25)(H2,24,26);2*1H. The number of rotatable bonds is 6. The van der Waals surface area contributed by atoms with Gasteiger partial charge in [-0.05, 0) is 26.0 Å². The molecule has 29 heavy (non-hydrogen) atoms. The van der Waals surface area contributed by atoms with Gasteiger partial charge in [0.15, 0.2) is 0 Å². The Kier molecular flexibility index (Phi) is 9.45. The molecule has 0 atom stereocenters. The van der Waals surface area contributed by atoms with E-state index in [2.05, 4.69) is 9.98 Å². The number of nitrogens with two attached hydrogens (primary N) is 2. The highest BCUT2D eigenvalue weighted by atomic mass is 35.5. The molecule has 1 aromatic heterocycles. The van der Waals surface area contributed by atoms with Crippen molar-refractivity contribution in [2.45, 2.75) is 13.8 Å². The van der Waals surface area contributed by atoms with Crippen LogP contribution in [0.2, 0.25) is 0 Å². The van der Waals surface area contributed by atoms with Crippen LogP contribution in [-0.2, 0) is 0 Å². The van der Waals surface area contributed by atoms with Gasteiger partial charge in [0.2, 0.25) is 0 Å². The fourth-order valence-corrected chi connectivity index (χ4v) is 2.78. The second-order valence-electron chi connectivity index (χ2n) is 6.04. The van der Waals surface area contributed by atoms with Gasteiger partial charge in [0.05, 0.1) is 0 Å². The molecule has 3 aromatic rings. The maximum atomic E-state index is 6.03. The summed E-state index contributed by atoms with van der Waals surface area (Å²) in [5.74, 6) is 2.71. The number of hydrogen-bond acceptors (Lipinski definition) is 3. The molecular formula is C22H26Cl2N4O. The predicted octanol–water partition coefficient (Wildman–Crippen LogP) is 4.91. The highest BCUT2D eigenvalue weighted by molar-refractivity contribution is 5.98. The molecule has 4 N–H and O–H groups in total. The van der Waals surface area contributed by atoms with Crippen molar-refractivity contribution in [3.05, 3.63) is 71.8 Å². The van der Waals surface area contributed by atoms with Crippen LogP contribution in [0.5, 0.6) is 0 Å². The van der Waals surface area contributed by atoms with Gasteiger partial charge in [0.25, 0.3) is 0 Å². The van der Waals surface area contributed by atoms with E-state index in [4.69, 9.17) is 15.9 Å². The molecule has 0 saturated heterocycles. The van der Waals surface area contributed by atoms with Crippen LogP contribution in [-0.4, -0.2) is 24.8 Å². The van der Waals surface area contributed by atoms with Gasteiger partial charge in [-0.2, -0.15) is 0 Å². The Morgan fingerprint density at radius 1 is 0.655 bits per heavy atom. The van der Waals surface area contributed by atoms with Crippen LogP contribution in [0.1, 0.15) is 25.0 Å². The Hall–Kier alpha value is -2.76. The minimum atomic E-state index is 0. The van der Waals surface area contributed by atoms with Gasteiger partial charge in [-0.25, -0.2) is 0 Å². The van der Waals surface area contributed by atoms with Crippen molar-refractivity contribution in [3.8, 4) is 22.6 Å². The zero-order valence-electron chi connectivity index (χ0n) is 16.5. The minimum Gasteiger partial charge on any atom is -0.456 e. The van der Waals surface area contributed by atoms with Crippen LogP contribution >= 0.6 is 24.8 Å². The van der Waals surface area contributed by atoms with Crippen LogP contribution in [0.15, 0.2) is 75.1 Å². The lowest BCUT2D eigenvalue weighted by Crippen LogP contribution is -2.13. The lowest BCUT2D eigenvalue weighted by Gasteiger charge is -2.03. The Morgan fingerprint density at radius 2 is 1.00 bits per heavy atom. The number of hydrogen-bond donors (Lipinski definition) is 2. The third-order valence-electron chi connectivity index (χ3n) is 4.19. The summed E-state index contributed by atoms with van der Waals surface area (Å²) in [6, 6.07) is 19.7. The predicted molar refractivity (Wildman–Crippen MR) is 127 cm³/mol. The van der Waals surface area contributed by atoms with Crippen LogP contribution in [0.4, 0.5) is 0 Å². The number of halogens is 2. The molecule has 0 unspecified atom stereocenters. The monoisotopic (exact) mass is 432 g/mol.